The Bertz CT molecular complexity index is 982. The van der Waals surface area contributed by atoms with Gasteiger partial charge in [0.1, 0.15) is 5.58 Å². The van der Waals surface area contributed by atoms with Crippen LogP contribution in [-0.2, 0) is 16.1 Å². The summed E-state index contributed by atoms with van der Waals surface area (Å²) < 4.78 is 8.06. The van der Waals surface area contributed by atoms with Gasteiger partial charge in [-0.3, -0.25) is 14.9 Å². The lowest BCUT2D eigenvalue weighted by atomic mass is 9.92. The predicted molar refractivity (Wildman–Crippen MR) is 109 cm³/mol. The van der Waals surface area contributed by atoms with E-state index < -0.39 is 5.92 Å². The number of amides is 2. The number of carbonyl (C=O) groups is 2. The van der Waals surface area contributed by atoms with Crippen LogP contribution in [0.25, 0.3) is 21.9 Å². The van der Waals surface area contributed by atoms with E-state index in [-0.39, 0.29) is 5.91 Å². The number of hydrogen-bond acceptors (Lipinski definition) is 4. The van der Waals surface area contributed by atoms with Gasteiger partial charge in [-0.25, -0.2) is 0 Å². The van der Waals surface area contributed by atoms with Gasteiger partial charge < -0.3 is 13.9 Å². The topological polar surface area (TPSA) is 67.5 Å². The molecule has 2 aromatic heterocycles. The van der Waals surface area contributed by atoms with Crippen LogP contribution in [0.5, 0.6) is 0 Å². The van der Waals surface area contributed by atoms with E-state index in [0.29, 0.717) is 12.8 Å². The number of aromatic nitrogens is 1. The van der Waals surface area contributed by atoms with Crippen LogP contribution in [0.4, 0.5) is 0 Å². The van der Waals surface area contributed by atoms with Gasteiger partial charge in [-0.05, 0) is 50.6 Å². The van der Waals surface area contributed by atoms with E-state index in [1.807, 2.05) is 13.0 Å². The maximum atomic E-state index is 12.5. The zero-order chi connectivity index (χ0) is 19.5. The molecule has 4 rings (SSSR count). The Morgan fingerprint density at radius 2 is 2.07 bits per heavy atom. The van der Waals surface area contributed by atoms with Gasteiger partial charge in [0.25, 0.3) is 0 Å². The van der Waals surface area contributed by atoms with E-state index in [2.05, 4.69) is 33.1 Å². The number of benzene rings is 1. The number of hydrogen-bond donors (Lipinski definition) is 1. The molecule has 1 unspecified atom stereocenters. The number of carbonyl (C=O) groups excluding carboxylic acids is 2. The molecule has 3 heterocycles. The van der Waals surface area contributed by atoms with Crippen molar-refractivity contribution in [3.05, 3.63) is 36.2 Å². The molecule has 1 fully saturated rings. The second-order valence-electron chi connectivity index (χ2n) is 7.59. The monoisotopic (exact) mass is 381 g/mol. The smallest absolute Gasteiger partial charge is 0.234 e. The molecule has 148 valence electrons. The average molecular weight is 381 g/mol. The molecule has 0 saturated carbocycles. The second kappa shape index (κ2) is 8.19. The van der Waals surface area contributed by atoms with Gasteiger partial charge in [-0.2, -0.15) is 0 Å². The summed E-state index contributed by atoms with van der Waals surface area (Å²) in [4.78, 5) is 25.8. The third-order valence-electron chi connectivity index (χ3n) is 5.84. The minimum atomic E-state index is -0.394. The molecule has 1 N–H and O–H groups in total. The largest absolute Gasteiger partial charge is 0.464 e. The number of likely N-dealkylation sites (tertiary alicyclic amines) is 1. The third-order valence-corrected chi connectivity index (χ3v) is 5.84. The Morgan fingerprint density at radius 1 is 1.25 bits per heavy atom. The minimum absolute atomic E-state index is 0.273. The lowest BCUT2D eigenvalue weighted by Crippen LogP contribution is -2.28. The number of imide groups is 1. The normalized spacial score (nSPS) is 16.0. The van der Waals surface area contributed by atoms with Crippen molar-refractivity contribution in [2.24, 2.45) is 0 Å². The van der Waals surface area contributed by atoms with Gasteiger partial charge in [0.2, 0.25) is 12.3 Å². The molecule has 1 aliphatic heterocycles. The first kappa shape index (κ1) is 18.7. The van der Waals surface area contributed by atoms with Crippen LogP contribution in [0.1, 0.15) is 44.1 Å². The molecule has 0 bridgehead atoms. The van der Waals surface area contributed by atoms with E-state index in [0.717, 1.165) is 46.9 Å². The van der Waals surface area contributed by atoms with Crippen molar-refractivity contribution in [2.45, 2.75) is 45.1 Å². The van der Waals surface area contributed by atoms with Gasteiger partial charge in [0.15, 0.2) is 0 Å². The molecular weight excluding hydrogens is 354 g/mol. The van der Waals surface area contributed by atoms with E-state index in [1.54, 1.807) is 6.26 Å². The Hall–Kier alpha value is -2.60. The molecule has 0 radical (unpaired) electrons. The van der Waals surface area contributed by atoms with Crippen LogP contribution in [0, 0.1) is 0 Å². The summed E-state index contributed by atoms with van der Waals surface area (Å²) >= 11 is 0. The fourth-order valence-electron chi connectivity index (χ4n) is 4.42. The number of fused-ring (bicyclic) bond motifs is 3. The number of nitrogens with one attached hydrogen (secondary N) is 1. The summed E-state index contributed by atoms with van der Waals surface area (Å²) in [6, 6.07) is 6.19. The standard InChI is InChI=1S/C22H27N3O3/c1-2-5-16(22(27)23-15-26)18-14-28-20-7-6-19-17(21(18)20)8-11-25(19)13-12-24-9-3-4-10-24/h6-8,11,14-16H,2-5,9-10,12-13H2,1H3,(H,23,26,27). The van der Waals surface area contributed by atoms with Gasteiger partial charge in [0, 0.05) is 41.1 Å². The molecule has 1 aliphatic rings. The molecule has 3 aromatic rings. The summed E-state index contributed by atoms with van der Waals surface area (Å²) in [5, 5.41) is 4.40. The zero-order valence-corrected chi connectivity index (χ0v) is 16.3. The minimum Gasteiger partial charge on any atom is -0.464 e. The second-order valence-corrected chi connectivity index (χ2v) is 7.59. The summed E-state index contributed by atoms with van der Waals surface area (Å²) in [7, 11) is 0. The van der Waals surface area contributed by atoms with Crippen LogP contribution in [0.15, 0.2) is 35.1 Å². The predicted octanol–water partition coefficient (Wildman–Crippen LogP) is 3.64. The highest BCUT2D eigenvalue weighted by atomic mass is 16.3. The molecule has 1 aromatic carbocycles. The highest BCUT2D eigenvalue weighted by Crippen LogP contribution is 2.36. The Morgan fingerprint density at radius 3 is 2.82 bits per heavy atom. The number of nitrogens with zero attached hydrogens (tertiary/aromatic N) is 2. The number of rotatable bonds is 8. The highest BCUT2D eigenvalue weighted by Gasteiger charge is 2.25. The van der Waals surface area contributed by atoms with Crippen molar-refractivity contribution < 1.29 is 14.0 Å². The van der Waals surface area contributed by atoms with Gasteiger partial charge in [-0.15, -0.1) is 0 Å². The van der Waals surface area contributed by atoms with Crippen LogP contribution in [-0.4, -0.2) is 41.4 Å². The summed E-state index contributed by atoms with van der Waals surface area (Å²) in [6.45, 7) is 6.43. The molecule has 28 heavy (non-hydrogen) atoms. The highest BCUT2D eigenvalue weighted by molar-refractivity contribution is 6.08. The van der Waals surface area contributed by atoms with Crippen molar-refractivity contribution in [3.63, 3.8) is 0 Å². The van der Waals surface area contributed by atoms with Gasteiger partial charge in [0.05, 0.1) is 12.2 Å². The molecule has 6 heteroatoms. The maximum Gasteiger partial charge on any atom is 0.234 e. The van der Waals surface area contributed by atoms with Crippen molar-refractivity contribution in [1.82, 2.24) is 14.8 Å². The van der Waals surface area contributed by atoms with E-state index in [4.69, 9.17) is 4.42 Å². The first-order valence-electron chi connectivity index (χ1n) is 10.2. The first-order chi connectivity index (χ1) is 13.7. The zero-order valence-electron chi connectivity index (χ0n) is 16.3. The Kier molecular flexibility index (Phi) is 5.48. The van der Waals surface area contributed by atoms with Crippen LogP contribution >= 0.6 is 0 Å². The molecule has 1 atom stereocenters. The lowest BCUT2D eigenvalue weighted by Gasteiger charge is -2.15. The molecule has 6 nitrogen and oxygen atoms in total. The van der Waals surface area contributed by atoms with Crippen LogP contribution in [0.2, 0.25) is 0 Å². The summed E-state index contributed by atoms with van der Waals surface area (Å²) in [6.07, 6.45) is 8.36. The van der Waals surface area contributed by atoms with E-state index in [1.165, 1.54) is 25.9 Å². The van der Waals surface area contributed by atoms with Crippen LogP contribution < -0.4 is 5.32 Å². The summed E-state index contributed by atoms with van der Waals surface area (Å²) in [5.41, 5.74) is 2.79. The summed E-state index contributed by atoms with van der Waals surface area (Å²) in [5.74, 6) is -0.667. The molecule has 0 aliphatic carbocycles. The Balaban J connectivity index is 1.71. The third kappa shape index (κ3) is 3.44. The van der Waals surface area contributed by atoms with Crippen molar-refractivity contribution >= 4 is 34.2 Å². The quantitative estimate of drug-likeness (QED) is 0.605. The van der Waals surface area contributed by atoms with Crippen molar-refractivity contribution in [2.75, 3.05) is 19.6 Å². The SMILES string of the molecule is CCCC(C(=O)NC=O)c1coc2ccc3c(ccn3CCN3CCCC3)c12. The first-order valence-corrected chi connectivity index (χ1v) is 10.2. The number of furan rings is 1. The van der Waals surface area contributed by atoms with E-state index >= 15 is 0 Å². The molecule has 2 amide bonds. The van der Waals surface area contributed by atoms with Crippen molar-refractivity contribution in [3.8, 4) is 0 Å². The maximum absolute atomic E-state index is 12.5. The molecule has 0 spiro atoms. The fourth-order valence-corrected chi connectivity index (χ4v) is 4.42. The Labute approximate surface area is 164 Å². The fraction of sp³-hybridized carbons (Fsp3) is 0.455. The van der Waals surface area contributed by atoms with Gasteiger partial charge in [-0.1, -0.05) is 13.3 Å². The van der Waals surface area contributed by atoms with Gasteiger partial charge >= 0.3 is 0 Å². The van der Waals surface area contributed by atoms with Crippen molar-refractivity contribution in [1.29, 1.82) is 0 Å². The average Bonchev–Trinajstić information content (AvgIpc) is 3.43. The van der Waals surface area contributed by atoms with Crippen LogP contribution in [0.3, 0.4) is 0 Å². The molecular formula is C22H27N3O3. The van der Waals surface area contributed by atoms with E-state index in [9.17, 15) is 9.59 Å². The lowest BCUT2D eigenvalue weighted by molar-refractivity contribution is -0.126. The molecule has 1 saturated heterocycles.